The van der Waals surface area contributed by atoms with E-state index in [1.165, 1.54) is 17.0 Å². The molecule has 0 aliphatic carbocycles. The fourth-order valence-corrected chi connectivity index (χ4v) is 4.36. The number of carbonyl (C=O) groups excluding carboxylic acids is 2. The molecule has 4 rings (SSSR count). The highest BCUT2D eigenvalue weighted by Crippen LogP contribution is 2.36. The number of aromatic nitrogens is 1. The lowest BCUT2D eigenvalue weighted by molar-refractivity contribution is -0.160. The molecule has 1 saturated heterocycles. The van der Waals surface area contributed by atoms with Crippen LogP contribution in [0.4, 0.5) is 23.7 Å². The largest absolute Gasteiger partial charge is 0.460 e. The lowest BCUT2D eigenvalue weighted by atomic mass is 9.76. The summed E-state index contributed by atoms with van der Waals surface area (Å²) in [7, 11) is 0. The Labute approximate surface area is 207 Å². The molecule has 0 bridgehead atoms. The maximum Gasteiger partial charge on any atom is 0.416 e. The average molecular weight is 498 g/mol. The van der Waals surface area contributed by atoms with Crippen molar-refractivity contribution in [3.05, 3.63) is 95.8 Å². The lowest BCUT2D eigenvalue weighted by Gasteiger charge is -2.40. The monoisotopic (exact) mass is 497 g/mol. The Hall–Kier alpha value is -3.88. The van der Waals surface area contributed by atoms with Crippen LogP contribution in [0, 0.1) is 5.41 Å². The molecule has 2 aromatic carbocycles. The van der Waals surface area contributed by atoms with Crippen LogP contribution < -0.4 is 5.32 Å². The Morgan fingerprint density at radius 3 is 2.39 bits per heavy atom. The number of halogens is 3. The molecule has 2 heterocycles. The Balaban J connectivity index is 1.50. The summed E-state index contributed by atoms with van der Waals surface area (Å²) in [6.45, 7) is 0.619. The third kappa shape index (κ3) is 6.21. The van der Waals surface area contributed by atoms with Gasteiger partial charge in [-0.3, -0.25) is 9.78 Å². The van der Waals surface area contributed by atoms with Crippen molar-refractivity contribution in [1.82, 2.24) is 9.88 Å². The molecule has 3 aromatic rings. The second kappa shape index (κ2) is 10.8. The van der Waals surface area contributed by atoms with E-state index in [1.54, 1.807) is 12.3 Å². The minimum absolute atomic E-state index is 0.101. The number of hydrogen-bond donors (Lipinski definition) is 1. The lowest BCUT2D eigenvalue weighted by Crippen LogP contribution is -2.52. The summed E-state index contributed by atoms with van der Waals surface area (Å²) in [6.07, 6.45) is -1.43. The molecular weight excluding hydrogens is 471 g/mol. The van der Waals surface area contributed by atoms with Crippen molar-refractivity contribution in [3.8, 4) is 0 Å². The molecule has 36 heavy (non-hydrogen) atoms. The second-order valence-corrected chi connectivity index (χ2v) is 8.87. The number of likely N-dealkylation sites (tertiary alicyclic amines) is 1. The van der Waals surface area contributed by atoms with Crippen molar-refractivity contribution in [2.75, 3.05) is 18.4 Å². The van der Waals surface area contributed by atoms with Crippen molar-refractivity contribution < 1.29 is 27.5 Å². The van der Waals surface area contributed by atoms with Crippen molar-refractivity contribution in [2.45, 2.75) is 32.0 Å². The van der Waals surface area contributed by atoms with Gasteiger partial charge >= 0.3 is 18.2 Å². The summed E-state index contributed by atoms with van der Waals surface area (Å²) >= 11 is 0. The molecule has 0 spiro atoms. The highest BCUT2D eigenvalue weighted by Gasteiger charge is 2.45. The number of nitrogens with zero attached hydrogens (tertiary/aromatic N) is 2. The van der Waals surface area contributed by atoms with E-state index in [2.05, 4.69) is 10.3 Å². The third-order valence-electron chi connectivity index (χ3n) is 6.22. The number of urea groups is 1. The molecule has 1 aromatic heterocycles. The van der Waals surface area contributed by atoms with E-state index in [4.69, 9.17) is 4.74 Å². The normalized spacial score (nSPS) is 17.9. The molecular formula is C27H26F3N3O3. The highest BCUT2D eigenvalue weighted by atomic mass is 19.4. The van der Waals surface area contributed by atoms with Gasteiger partial charge in [-0.2, -0.15) is 13.2 Å². The zero-order chi connectivity index (χ0) is 25.6. The molecule has 1 N–H and O–H groups in total. The van der Waals surface area contributed by atoms with Crippen LogP contribution in [0.1, 0.15) is 29.7 Å². The van der Waals surface area contributed by atoms with Crippen molar-refractivity contribution in [3.63, 3.8) is 0 Å². The van der Waals surface area contributed by atoms with Crippen LogP contribution in [0.5, 0.6) is 0 Å². The molecule has 1 unspecified atom stereocenters. The van der Waals surface area contributed by atoms with Gasteiger partial charge < -0.3 is 15.0 Å². The third-order valence-corrected chi connectivity index (χ3v) is 6.22. The molecule has 2 amide bonds. The summed E-state index contributed by atoms with van der Waals surface area (Å²) in [4.78, 5) is 32.3. The van der Waals surface area contributed by atoms with Crippen molar-refractivity contribution in [1.29, 1.82) is 0 Å². The standard InChI is InChI=1S/C27H26F3N3O3/c28-27(29,30)21-10-12-22(13-11-21)32-25(35)33-16-6-14-26(19-33,17-23-9-4-5-15-31-23)24(34)36-18-20-7-2-1-3-8-20/h1-5,7-13,15H,6,14,16-19H2,(H,32,35). The second-order valence-electron chi connectivity index (χ2n) is 8.87. The number of carbonyl (C=O) groups is 2. The van der Waals surface area contributed by atoms with Crippen LogP contribution in [0.2, 0.25) is 0 Å². The zero-order valence-electron chi connectivity index (χ0n) is 19.5. The SMILES string of the molecule is O=C(Nc1ccc(C(F)(F)F)cc1)N1CCCC(Cc2ccccn2)(C(=O)OCc2ccccc2)C1. The highest BCUT2D eigenvalue weighted by molar-refractivity contribution is 5.90. The number of pyridine rings is 1. The summed E-state index contributed by atoms with van der Waals surface area (Å²) in [5.41, 5.74) is -0.000874. The zero-order valence-corrected chi connectivity index (χ0v) is 19.5. The van der Waals surface area contributed by atoms with Crippen LogP contribution in [0.25, 0.3) is 0 Å². The number of alkyl halides is 3. The van der Waals surface area contributed by atoms with Gasteiger partial charge in [-0.1, -0.05) is 36.4 Å². The average Bonchev–Trinajstić information content (AvgIpc) is 2.88. The number of piperidine rings is 1. The first kappa shape index (κ1) is 25.2. The number of esters is 1. The maximum atomic E-state index is 13.4. The quantitative estimate of drug-likeness (QED) is 0.444. The summed E-state index contributed by atoms with van der Waals surface area (Å²) in [5, 5.41) is 2.64. The molecule has 1 atom stereocenters. The van der Waals surface area contributed by atoms with Crippen molar-refractivity contribution in [2.24, 2.45) is 5.41 Å². The van der Waals surface area contributed by atoms with E-state index in [1.807, 2.05) is 42.5 Å². The Morgan fingerprint density at radius 2 is 1.72 bits per heavy atom. The van der Waals surface area contributed by atoms with E-state index in [9.17, 15) is 22.8 Å². The smallest absolute Gasteiger partial charge is 0.416 e. The van der Waals surface area contributed by atoms with Crippen LogP contribution >= 0.6 is 0 Å². The predicted octanol–water partition coefficient (Wildman–Crippen LogP) is 5.70. The van der Waals surface area contributed by atoms with E-state index in [0.717, 1.165) is 17.7 Å². The minimum Gasteiger partial charge on any atom is -0.460 e. The molecule has 0 radical (unpaired) electrons. The van der Waals surface area contributed by atoms with E-state index in [-0.39, 0.29) is 18.8 Å². The van der Waals surface area contributed by atoms with Gasteiger partial charge in [0.2, 0.25) is 0 Å². The van der Waals surface area contributed by atoms with Gasteiger partial charge in [-0.15, -0.1) is 0 Å². The maximum absolute atomic E-state index is 13.4. The summed E-state index contributed by atoms with van der Waals surface area (Å²) < 4.78 is 44.2. The van der Waals surface area contributed by atoms with Crippen molar-refractivity contribution >= 4 is 17.7 Å². The first-order valence-corrected chi connectivity index (χ1v) is 11.6. The van der Waals surface area contributed by atoms with Gasteiger partial charge in [0, 0.05) is 37.1 Å². The summed E-state index contributed by atoms with van der Waals surface area (Å²) in [5.74, 6) is -0.413. The number of hydrogen-bond acceptors (Lipinski definition) is 4. The number of benzene rings is 2. The van der Waals surface area contributed by atoms with Crippen LogP contribution in [-0.4, -0.2) is 35.0 Å². The van der Waals surface area contributed by atoms with Crippen LogP contribution in [0.3, 0.4) is 0 Å². The van der Waals surface area contributed by atoms with E-state index in [0.29, 0.717) is 31.5 Å². The fraction of sp³-hybridized carbons (Fsp3) is 0.296. The van der Waals surface area contributed by atoms with Gasteiger partial charge in [0.15, 0.2) is 0 Å². The van der Waals surface area contributed by atoms with Crippen LogP contribution in [-0.2, 0) is 28.7 Å². The molecule has 1 fully saturated rings. The first-order valence-electron chi connectivity index (χ1n) is 11.6. The molecule has 0 saturated carbocycles. The Kier molecular flexibility index (Phi) is 7.57. The molecule has 1 aliphatic rings. The molecule has 9 heteroatoms. The number of rotatable bonds is 6. The number of anilines is 1. The number of amides is 2. The molecule has 6 nitrogen and oxygen atoms in total. The van der Waals surface area contributed by atoms with Gasteiger partial charge in [0.1, 0.15) is 6.61 Å². The topological polar surface area (TPSA) is 71.5 Å². The van der Waals surface area contributed by atoms with Crippen LogP contribution in [0.15, 0.2) is 79.0 Å². The van der Waals surface area contributed by atoms with Gasteiger partial charge in [-0.05, 0) is 54.8 Å². The first-order chi connectivity index (χ1) is 17.2. The van der Waals surface area contributed by atoms with Gasteiger partial charge in [0.25, 0.3) is 0 Å². The Bertz CT molecular complexity index is 1170. The van der Waals surface area contributed by atoms with E-state index < -0.39 is 29.2 Å². The number of nitrogens with one attached hydrogen (secondary N) is 1. The minimum atomic E-state index is -4.46. The molecule has 1 aliphatic heterocycles. The number of ether oxygens (including phenoxy) is 1. The summed E-state index contributed by atoms with van der Waals surface area (Å²) in [6, 6.07) is 18.5. The fourth-order valence-electron chi connectivity index (χ4n) is 4.36. The van der Waals surface area contributed by atoms with E-state index >= 15 is 0 Å². The Morgan fingerprint density at radius 1 is 1.00 bits per heavy atom. The predicted molar refractivity (Wildman–Crippen MR) is 128 cm³/mol. The van der Waals surface area contributed by atoms with Gasteiger partial charge in [-0.25, -0.2) is 4.79 Å². The molecule has 188 valence electrons. The van der Waals surface area contributed by atoms with Gasteiger partial charge in [0.05, 0.1) is 11.0 Å².